The van der Waals surface area contributed by atoms with Crippen molar-refractivity contribution in [2.24, 2.45) is 13.0 Å². The number of aromatic amines is 1. The van der Waals surface area contributed by atoms with E-state index in [0.29, 0.717) is 41.6 Å². The first-order chi connectivity index (χ1) is 19.7. The maximum atomic E-state index is 14.4. The van der Waals surface area contributed by atoms with Gasteiger partial charge < -0.3 is 9.88 Å². The van der Waals surface area contributed by atoms with Gasteiger partial charge in [0.15, 0.2) is 5.65 Å². The average Bonchev–Trinajstić information content (AvgIpc) is 3.58. The second kappa shape index (κ2) is 10.3. The van der Waals surface area contributed by atoms with E-state index in [2.05, 4.69) is 15.1 Å². The number of carbonyl (C=O) groups is 1. The predicted octanol–water partition coefficient (Wildman–Crippen LogP) is 3.39. The lowest BCUT2D eigenvalue weighted by Crippen LogP contribution is -2.40. The second-order valence-corrected chi connectivity index (χ2v) is 10.7. The summed E-state index contributed by atoms with van der Waals surface area (Å²) in [5.41, 5.74) is 2.64. The molecule has 0 radical (unpaired) electrons. The van der Waals surface area contributed by atoms with Crippen molar-refractivity contribution in [1.82, 2.24) is 28.9 Å². The molecule has 3 aromatic heterocycles. The standard InChI is InChI=1S/C30H30FN7O3/c1-18-23(17-35(2)34-18)28(39)36(3)22-12-10-19(11-13-22)14-25-32-26-27(33-25)37(15-20-8-9-20)30(41)38(29(26)40)16-21-6-4-5-7-24(21)31/h4-7,10-13,17,20H,8-9,14-16H2,1-3H3,(H,32,33). The molecule has 0 bridgehead atoms. The number of fused-ring (bicyclic) bond motifs is 1. The van der Waals surface area contributed by atoms with Crippen LogP contribution in [0.25, 0.3) is 11.2 Å². The summed E-state index contributed by atoms with van der Waals surface area (Å²) >= 11 is 0. The number of imidazole rings is 1. The molecule has 10 nitrogen and oxygen atoms in total. The van der Waals surface area contributed by atoms with Crippen molar-refractivity contribution in [2.45, 2.75) is 39.3 Å². The molecule has 0 saturated heterocycles. The first kappa shape index (κ1) is 26.4. The summed E-state index contributed by atoms with van der Waals surface area (Å²) in [6, 6.07) is 13.6. The highest BCUT2D eigenvalue weighted by Crippen LogP contribution is 2.30. The van der Waals surface area contributed by atoms with Crippen LogP contribution in [0, 0.1) is 18.7 Å². The van der Waals surface area contributed by atoms with Crippen molar-refractivity contribution >= 4 is 22.8 Å². The van der Waals surface area contributed by atoms with Crippen LogP contribution in [0.15, 0.2) is 64.3 Å². The largest absolute Gasteiger partial charge is 0.336 e. The Balaban J connectivity index is 1.29. The summed E-state index contributed by atoms with van der Waals surface area (Å²) in [6.07, 6.45) is 4.12. The maximum Gasteiger partial charge on any atom is 0.333 e. The zero-order chi connectivity index (χ0) is 28.8. The Morgan fingerprint density at radius 2 is 1.83 bits per heavy atom. The first-order valence-electron chi connectivity index (χ1n) is 13.5. The van der Waals surface area contributed by atoms with Crippen molar-refractivity contribution < 1.29 is 9.18 Å². The summed E-state index contributed by atoms with van der Waals surface area (Å²) in [5, 5.41) is 4.25. The van der Waals surface area contributed by atoms with Crippen molar-refractivity contribution in [1.29, 1.82) is 0 Å². The number of H-pyrrole nitrogens is 1. The Kier molecular flexibility index (Phi) is 6.64. The fourth-order valence-corrected chi connectivity index (χ4v) is 5.10. The number of benzene rings is 2. The second-order valence-electron chi connectivity index (χ2n) is 10.7. The van der Waals surface area contributed by atoms with E-state index in [1.807, 2.05) is 24.3 Å². The monoisotopic (exact) mass is 555 g/mol. The first-order valence-corrected chi connectivity index (χ1v) is 13.5. The number of rotatable bonds is 8. The molecule has 11 heteroatoms. The molecule has 5 aromatic rings. The van der Waals surface area contributed by atoms with Crippen LogP contribution in [0.1, 0.15) is 45.8 Å². The van der Waals surface area contributed by atoms with Crippen LogP contribution in [0.5, 0.6) is 0 Å². The number of carbonyl (C=O) groups excluding carboxylic acids is 1. The SMILES string of the molecule is Cc1nn(C)cc1C(=O)N(C)c1ccc(Cc2nc3c([nH]2)c(=O)n(Cc2ccccc2F)c(=O)n3CC2CC2)cc1. The van der Waals surface area contributed by atoms with Crippen molar-refractivity contribution in [2.75, 3.05) is 11.9 Å². The third-order valence-electron chi connectivity index (χ3n) is 7.58. The Hall–Kier alpha value is -4.80. The van der Waals surface area contributed by atoms with Crippen LogP contribution in [0.4, 0.5) is 10.1 Å². The van der Waals surface area contributed by atoms with Gasteiger partial charge in [-0.2, -0.15) is 5.10 Å². The minimum absolute atomic E-state index is 0.152. The molecule has 3 heterocycles. The fourth-order valence-electron chi connectivity index (χ4n) is 5.10. The molecule has 1 saturated carbocycles. The Labute approximate surface area is 234 Å². The number of aryl methyl sites for hydroxylation is 2. The zero-order valence-corrected chi connectivity index (χ0v) is 23.1. The van der Waals surface area contributed by atoms with E-state index in [0.717, 1.165) is 28.7 Å². The van der Waals surface area contributed by atoms with E-state index < -0.39 is 17.1 Å². The van der Waals surface area contributed by atoms with E-state index in [-0.39, 0.29) is 23.5 Å². The van der Waals surface area contributed by atoms with E-state index in [4.69, 9.17) is 0 Å². The van der Waals surface area contributed by atoms with Crippen LogP contribution in [-0.4, -0.2) is 41.8 Å². The minimum Gasteiger partial charge on any atom is -0.336 e. The number of amides is 1. The molecule has 1 fully saturated rings. The lowest BCUT2D eigenvalue weighted by atomic mass is 10.1. The highest BCUT2D eigenvalue weighted by Gasteiger charge is 2.26. The maximum absolute atomic E-state index is 14.4. The lowest BCUT2D eigenvalue weighted by molar-refractivity contribution is 0.0992. The van der Waals surface area contributed by atoms with Crippen molar-refractivity contribution in [3.63, 3.8) is 0 Å². The Bertz CT molecular complexity index is 1890. The smallest absolute Gasteiger partial charge is 0.333 e. The Morgan fingerprint density at radius 3 is 2.49 bits per heavy atom. The summed E-state index contributed by atoms with van der Waals surface area (Å²) < 4.78 is 18.6. The molecule has 0 spiro atoms. The van der Waals surface area contributed by atoms with E-state index >= 15 is 0 Å². The molecule has 0 atom stereocenters. The van der Waals surface area contributed by atoms with Gasteiger partial charge in [-0.1, -0.05) is 30.3 Å². The molecule has 41 heavy (non-hydrogen) atoms. The molecule has 0 aliphatic heterocycles. The molecule has 1 aliphatic carbocycles. The van der Waals surface area contributed by atoms with Crippen LogP contribution in [0.3, 0.4) is 0 Å². The third kappa shape index (κ3) is 5.10. The van der Waals surface area contributed by atoms with Crippen molar-refractivity contribution in [3.8, 4) is 0 Å². The topological polar surface area (TPSA) is 111 Å². The number of anilines is 1. The number of hydrogen-bond acceptors (Lipinski definition) is 5. The van der Waals surface area contributed by atoms with Crippen LogP contribution >= 0.6 is 0 Å². The molecule has 1 N–H and O–H groups in total. The Morgan fingerprint density at radius 1 is 1.10 bits per heavy atom. The van der Waals surface area contributed by atoms with Crippen LogP contribution in [0.2, 0.25) is 0 Å². The predicted molar refractivity (Wildman–Crippen MR) is 153 cm³/mol. The normalized spacial score (nSPS) is 13.2. The van der Waals surface area contributed by atoms with Gasteiger partial charge in [0, 0.05) is 44.5 Å². The van der Waals surface area contributed by atoms with Gasteiger partial charge in [-0.3, -0.25) is 23.4 Å². The quantitative estimate of drug-likeness (QED) is 0.316. The number of nitrogens with one attached hydrogen (secondary N) is 1. The molecule has 1 aliphatic rings. The van der Waals surface area contributed by atoms with Crippen molar-refractivity contribution in [3.05, 3.63) is 110 Å². The average molecular weight is 556 g/mol. The number of nitrogens with zero attached hydrogens (tertiary/aromatic N) is 6. The summed E-state index contributed by atoms with van der Waals surface area (Å²) in [6.45, 7) is 2.10. The number of halogens is 1. The lowest BCUT2D eigenvalue weighted by Gasteiger charge is -2.17. The number of hydrogen-bond donors (Lipinski definition) is 1. The van der Waals surface area contributed by atoms with E-state index in [1.165, 1.54) is 6.07 Å². The minimum atomic E-state index is -0.528. The van der Waals surface area contributed by atoms with Crippen LogP contribution in [-0.2, 0) is 26.6 Å². The molecular weight excluding hydrogens is 525 g/mol. The van der Waals surface area contributed by atoms with Gasteiger partial charge in [-0.25, -0.2) is 14.2 Å². The van der Waals surface area contributed by atoms with Gasteiger partial charge in [0.1, 0.15) is 17.2 Å². The highest BCUT2D eigenvalue weighted by molar-refractivity contribution is 6.06. The molecule has 210 valence electrons. The molecule has 6 rings (SSSR count). The van der Waals surface area contributed by atoms with Gasteiger partial charge in [0.25, 0.3) is 11.5 Å². The van der Waals surface area contributed by atoms with Gasteiger partial charge >= 0.3 is 5.69 Å². The summed E-state index contributed by atoms with van der Waals surface area (Å²) in [4.78, 5) is 49.2. The van der Waals surface area contributed by atoms with E-state index in [1.54, 1.807) is 59.6 Å². The van der Waals surface area contributed by atoms with Crippen LogP contribution < -0.4 is 16.1 Å². The van der Waals surface area contributed by atoms with Gasteiger partial charge in [0.2, 0.25) is 0 Å². The van der Waals surface area contributed by atoms with Gasteiger partial charge in [0.05, 0.1) is 17.8 Å². The van der Waals surface area contributed by atoms with Gasteiger partial charge in [-0.05, 0) is 49.4 Å². The fraction of sp³-hybridized carbons (Fsp3) is 0.300. The zero-order valence-electron chi connectivity index (χ0n) is 23.1. The molecule has 2 aromatic carbocycles. The third-order valence-corrected chi connectivity index (χ3v) is 7.58. The molecule has 1 amide bonds. The van der Waals surface area contributed by atoms with Gasteiger partial charge in [-0.15, -0.1) is 0 Å². The summed E-state index contributed by atoms with van der Waals surface area (Å²) in [7, 11) is 3.49. The summed E-state index contributed by atoms with van der Waals surface area (Å²) in [5.74, 6) is 0.274. The number of aromatic nitrogens is 6. The molecular formula is C30H30FN7O3. The van der Waals surface area contributed by atoms with E-state index in [9.17, 15) is 18.8 Å². The highest BCUT2D eigenvalue weighted by atomic mass is 19.1. The molecule has 0 unspecified atom stereocenters.